The maximum absolute atomic E-state index is 13.5. The van der Waals surface area contributed by atoms with Gasteiger partial charge >= 0.3 is 0 Å². The number of rotatable bonds is 12. The van der Waals surface area contributed by atoms with Crippen LogP contribution in [0.25, 0.3) is 0 Å². The number of carbonyl (C=O) groups is 1. The third-order valence-corrected chi connectivity index (χ3v) is 9.87. The summed E-state index contributed by atoms with van der Waals surface area (Å²) >= 11 is 0. The van der Waals surface area contributed by atoms with Gasteiger partial charge in [-0.25, -0.2) is 0 Å². The molecule has 5 rings (SSSR count). The average molecular weight is 553 g/mol. The maximum atomic E-state index is 13.5. The first-order valence-electron chi connectivity index (χ1n) is 15.5. The summed E-state index contributed by atoms with van der Waals surface area (Å²) in [6, 6.07) is -1.87. The van der Waals surface area contributed by atoms with E-state index >= 15 is 0 Å². The minimum absolute atomic E-state index is 0.0112. The summed E-state index contributed by atoms with van der Waals surface area (Å²) in [4.78, 5) is 15.2. The van der Waals surface area contributed by atoms with Crippen LogP contribution >= 0.6 is 0 Å². The molecular formula is C31H56N2O6. The summed E-state index contributed by atoms with van der Waals surface area (Å²) in [6.45, 7) is 11.9. The van der Waals surface area contributed by atoms with Gasteiger partial charge in [0.2, 0.25) is 5.91 Å². The van der Waals surface area contributed by atoms with E-state index in [0.29, 0.717) is 12.0 Å². The minimum Gasteiger partial charge on any atom is -0.395 e. The molecule has 5 fully saturated rings. The van der Waals surface area contributed by atoms with E-state index in [1.54, 1.807) is 4.90 Å². The topological polar surface area (TPSA) is 122 Å². The molecular weight excluding hydrogens is 496 g/mol. The van der Waals surface area contributed by atoms with Crippen molar-refractivity contribution >= 4 is 5.91 Å². The first kappa shape index (κ1) is 31.2. The van der Waals surface area contributed by atoms with E-state index in [1.807, 2.05) is 13.8 Å². The van der Waals surface area contributed by atoms with Gasteiger partial charge in [-0.05, 0) is 113 Å². The molecule has 1 amide bonds. The fraction of sp³-hybridized carbons (Fsp3) is 0.968. The lowest BCUT2D eigenvalue weighted by molar-refractivity contribution is -0.179. The van der Waals surface area contributed by atoms with Crippen molar-refractivity contribution in [3.63, 3.8) is 0 Å². The van der Waals surface area contributed by atoms with Gasteiger partial charge in [-0.3, -0.25) is 9.69 Å². The van der Waals surface area contributed by atoms with Gasteiger partial charge < -0.3 is 30.5 Å². The highest BCUT2D eigenvalue weighted by molar-refractivity contribution is 5.83. The second-order valence-corrected chi connectivity index (χ2v) is 15.5. The molecule has 1 heterocycles. The number of carbonyl (C=O) groups excluding carboxylic acids is 1. The zero-order chi connectivity index (χ0) is 28.6. The monoisotopic (exact) mass is 552 g/mol. The van der Waals surface area contributed by atoms with E-state index in [9.17, 15) is 25.2 Å². The second kappa shape index (κ2) is 12.2. The number of aliphatic hydroxyl groups excluding tert-OH is 4. The van der Waals surface area contributed by atoms with Crippen molar-refractivity contribution in [2.75, 3.05) is 26.4 Å². The predicted molar refractivity (Wildman–Crippen MR) is 151 cm³/mol. The molecule has 4 bridgehead atoms. The SMILES string of the molecule is CC(C)(C)CC(C)(C)NC(=O)[C@@H]1[C@H](O)[C@@H](O)[C@H](O)[C@H](CO)N1CCCCCOCC12CC3CC(CC(C3)C1)C2. The molecule has 0 aromatic carbocycles. The third kappa shape index (κ3) is 7.55. The van der Waals surface area contributed by atoms with Crippen LogP contribution in [0.1, 0.15) is 98.8 Å². The van der Waals surface area contributed by atoms with Crippen molar-refractivity contribution in [3.8, 4) is 0 Å². The largest absolute Gasteiger partial charge is 0.395 e. The Balaban J connectivity index is 1.27. The molecule has 5 N–H and O–H groups in total. The van der Waals surface area contributed by atoms with Crippen LogP contribution in [0.4, 0.5) is 0 Å². The normalized spacial score (nSPS) is 38.8. The second-order valence-electron chi connectivity index (χ2n) is 15.5. The lowest BCUT2D eigenvalue weighted by Gasteiger charge is -2.56. The summed E-state index contributed by atoms with van der Waals surface area (Å²) < 4.78 is 6.22. The van der Waals surface area contributed by atoms with Crippen molar-refractivity contribution < 1.29 is 30.0 Å². The third-order valence-electron chi connectivity index (χ3n) is 9.87. The van der Waals surface area contributed by atoms with Gasteiger partial charge in [-0.15, -0.1) is 0 Å². The molecule has 0 radical (unpaired) electrons. The summed E-state index contributed by atoms with van der Waals surface area (Å²) in [5, 5.41) is 45.1. The molecule has 1 saturated heterocycles. The molecule has 0 aromatic rings. The van der Waals surface area contributed by atoms with Crippen LogP contribution in [0.2, 0.25) is 0 Å². The molecule has 0 unspecified atom stereocenters. The molecule has 226 valence electrons. The van der Waals surface area contributed by atoms with E-state index in [-0.39, 0.29) is 11.3 Å². The fourth-order valence-corrected chi connectivity index (χ4v) is 9.25. The van der Waals surface area contributed by atoms with E-state index in [2.05, 4.69) is 26.1 Å². The van der Waals surface area contributed by atoms with Gasteiger partial charge in [0.25, 0.3) is 0 Å². The van der Waals surface area contributed by atoms with Gasteiger partial charge in [0.15, 0.2) is 0 Å². The number of piperidine rings is 1. The Kier molecular flexibility index (Phi) is 9.77. The van der Waals surface area contributed by atoms with Crippen molar-refractivity contribution in [3.05, 3.63) is 0 Å². The molecule has 4 saturated carbocycles. The molecule has 5 aliphatic rings. The predicted octanol–water partition coefficient (Wildman–Crippen LogP) is 2.85. The van der Waals surface area contributed by atoms with E-state index in [1.165, 1.54) is 38.5 Å². The number of nitrogens with one attached hydrogen (secondary N) is 1. The minimum atomic E-state index is -1.50. The number of aliphatic hydroxyl groups is 4. The standard InChI is InChI=1S/C31H56N2O6/c1-29(2,3)18-30(4,5)32-28(38)24-26(36)27(37)25(35)23(17-34)33(24)9-7-6-8-10-39-19-31-14-20-11-21(15-31)13-22(12-20)16-31/h20-27,34-37H,6-19H2,1-5H3,(H,32,38)/t20?,21?,22?,23-,24-,25+,26-,27-,31?/m0/s1. The quantitative estimate of drug-likeness (QED) is 0.236. The molecule has 5 atom stereocenters. The number of unbranched alkanes of at least 4 members (excludes halogenated alkanes) is 2. The van der Waals surface area contributed by atoms with Gasteiger partial charge in [0.1, 0.15) is 24.4 Å². The highest BCUT2D eigenvalue weighted by Gasteiger charge is 2.52. The number of hydrogen-bond donors (Lipinski definition) is 5. The Hall–Kier alpha value is -0.770. The molecule has 39 heavy (non-hydrogen) atoms. The summed E-state index contributed by atoms with van der Waals surface area (Å²) in [6.07, 6.45) is 7.36. The van der Waals surface area contributed by atoms with E-state index in [0.717, 1.165) is 56.7 Å². The highest BCUT2D eigenvalue weighted by atomic mass is 16.5. The number of likely N-dealkylation sites (tertiary alicyclic amines) is 1. The highest BCUT2D eigenvalue weighted by Crippen LogP contribution is 2.60. The van der Waals surface area contributed by atoms with Crippen LogP contribution in [0, 0.1) is 28.6 Å². The van der Waals surface area contributed by atoms with Crippen molar-refractivity contribution in [2.45, 2.75) is 135 Å². The van der Waals surface area contributed by atoms with Crippen molar-refractivity contribution in [2.24, 2.45) is 28.6 Å². The summed E-state index contributed by atoms with van der Waals surface area (Å²) in [7, 11) is 0. The van der Waals surface area contributed by atoms with Crippen LogP contribution in [0.5, 0.6) is 0 Å². The van der Waals surface area contributed by atoms with Crippen LogP contribution in [-0.4, -0.2) is 93.5 Å². The van der Waals surface area contributed by atoms with Crippen LogP contribution in [0.15, 0.2) is 0 Å². The Morgan fingerprint density at radius 3 is 2.03 bits per heavy atom. The average Bonchev–Trinajstić information content (AvgIpc) is 2.79. The van der Waals surface area contributed by atoms with Crippen LogP contribution < -0.4 is 5.32 Å². The van der Waals surface area contributed by atoms with Crippen LogP contribution in [0.3, 0.4) is 0 Å². The Morgan fingerprint density at radius 1 is 0.897 bits per heavy atom. The van der Waals surface area contributed by atoms with Crippen LogP contribution in [-0.2, 0) is 9.53 Å². The lowest BCUT2D eigenvalue weighted by Crippen LogP contribution is -2.71. The zero-order valence-corrected chi connectivity index (χ0v) is 25.1. The van der Waals surface area contributed by atoms with Crippen molar-refractivity contribution in [1.29, 1.82) is 0 Å². The number of amides is 1. The van der Waals surface area contributed by atoms with Gasteiger partial charge in [0, 0.05) is 12.1 Å². The first-order valence-corrected chi connectivity index (χ1v) is 15.5. The van der Waals surface area contributed by atoms with Gasteiger partial charge in [-0.1, -0.05) is 20.8 Å². The van der Waals surface area contributed by atoms with Gasteiger partial charge in [-0.2, -0.15) is 0 Å². The zero-order valence-electron chi connectivity index (χ0n) is 25.1. The number of nitrogens with zero attached hydrogens (tertiary/aromatic N) is 1. The summed E-state index contributed by atoms with van der Waals surface area (Å²) in [5.41, 5.74) is -0.113. The Labute approximate surface area is 235 Å². The molecule has 0 spiro atoms. The Morgan fingerprint density at radius 2 is 1.49 bits per heavy atom. The molecule has 8 nitrogen and oxygen atoms in total. The first-order chi connectivity index (χ1) is 18.2. The number of ether oxygens (including phenoxy) is 1. The molecule has 8 heteroatoms. The molecule has 0 aromatic heterocycles. The molecule has 4 aliphatic carbocycles. The lowest BCUT2D eigenvalue weighted by atomic mass is 9.50. The van der Waals surface area contributed by atoms with E-state index < -0.39 is 42.5 Å². The van der Waals surface area contributed by atoms with E-state index in [4.69, 9.17) is 4.74 Å². The Bertz CT molecular complexity index is 791. The van der Waals surface area contributed by atoms with Crippen molar-refractivity contribution in [1.82, 2.24) is 10.2 Å². The fourth-order valence-electron chi connectivity index (χ4n) is 9.25. The summed E-state index contributed by atoms with van der Waals surface area (Å²) in [5.74, 6) is 2.40. The smallest absolute Gasteiger partial charge is 0.240 e. The number of hydrogen-bond acceptors (Lipinski definition) is 7. The van der Waals surface area contributed by atoms with Gasteiger partial charge in [0.05, 0.1) is 19.3 Å². The molecule has 1 aliphatic heterocycles. The maximum Gasteiger partial charge on any atom is 0.240 e.